The highest BCUT2D eigenvalue weighted by atomic mass is 32.2. The minimum absolute atomic E-state index is 0.0964. The molecule has 0 spiro atoms. The number of oxazole rings is 1. The van der Waals surface area contributed by atoms with Gasteiger partial charge in [0, 0.05) is 5.56 Å². The van der Waals surface area contributed by atoms with E-state index >= 15 is 0 Å². The number of nitrogens with zero attached hydrogens (tertiary/aromatic N) is 1. The summed E-state index contributed by atoms with van der Waals surface area (Å²) in [6.07, 6.45) is 0.957. The minimum Gasteiger partial charge on any atom is -0.423 e. The zero-order chi connectivity index (χ0) is 20.4. The van der Waals surface area contributed by atoms with Gasteiger partial charge in [-0.1, -0.05) is 31.5 Å². The Kier molecular flexibility index (Phi) is 5.66. The fraction of sp³-hybridized carbons (Fsp3) is 0.211. The van der Waals surface area contributed by atoms with E-state index in [1.165, 1.54) is 36.4 Å². The van der Waals surface area contributed by atoms with Gasteiger partial charge in [0.15, 0.2) is 0 Å². The van der Waals surface area contributed by atoms with Crippen molar-refractivity contribution >= 4 is 19.7 Å². The fourth-order valence-electron chi connectivity index (χ4n) is 2.51. The molecule has 6 nitrogen and oxygen atoms in total. The van der Waals surface area contributed by atoms with Crippen molar-refractivity contribution in [1.29, 1.82) is 0 Å². The van der Waals surface area contributed by atoms with Gasteiger partial charge in [-0.15, -0.1) is 0 Å². The van der Waals surface area contributed by atoms with E-state index in [0.717, 1.165) is 12.1 Å². The van der Waals surface area contributed by atoms with Crippen LogP contribution in [-0.4, -0.2) is 27.6 Å². The molecule has 0 fully saturated rings. The molecule has 0 amide bonds. The summed E-state index contributed by atoms with van der Waals surface area (Å²) < 4.78 is 70.1. The normalized spacial score (nSPS) is 12.2. The predicted octanol–water partition coefficient (Wildman–Crippen LogP) is 3.89. The van der Waals surface area contributed by atoms with Crippen LogP contribution in [0.5, 0.6) is 0 Å². The third kappa shape index (κ3) is 4.00. The molecule has 0 aliphatic heterocycles. The SMILES string of the molecule is CCCCS(=O)(=O)c1oc(-c2ccc(F)cc2)nc1S(=O)(=O)c1ccccc1. The fourth-order valence-corrected chi connectivity index (χ4v) is 5.80. The summed E-state index contributed by atoms with van der Waals surface area (Å²) in [7, 11) is -8.25. The van der Waals surface area contributed by atoms with Crippen LogP contribution in [0.3, 0.4) is 0 Å². The maximum Gasteiger partial charge on any atom is 0.258 e. The van der Waals surface area contributed by atoms with Gasteiger partial charge in [-0.25, -0.2) is 21.2 Å². The van der Waals surface area contributed by atoms with Crippen LogP contribution >= 0.6 is 0 Å². The second kappa shape index (κ2) is 7.84. The lowest BCUT2D eigenvalue weighted by Gasteiger charge is -2.04. The molecule has 0 saturated heterocycles. The lowest BCUT2D eigenvalue weighted by molar-refractivity contribution is 0.444. The molecule has 1 heterocycles. The number of hydrogen-bond acceptors (Lipinski definition) is 6. The Balaban J connectivity index is 2.21. The summed E-state index contributed by atoms with van der Waals surface area (Å²) in [5.74, 6) is -0.966. The number of benzene rings is 2. The van der Waals surface area contributed by atoms with Crippen LogP contribution in [0.25, 0.3) is 11.5 Å². The standard InChI is InChI=1S/C19H18FNO5S2/c1-2-3-13-27(22,23)19-18(28(24,25)16-7-5-4-6-8-16)21-17(26-19)14-9-11-15(20)12-10-14/h4-12H,2-3,13H2,1H3. The number of sulfone groups is 2. The quantitative estimate of drug-likeness (QED) is 0.572. The Labute approximate surface area is 162 Å². The Morgan fingerprint density at radius 2 is 1.61 bits per heavy atom. The first-order valence-electron chi connectivity index (χ1n) is 8.55. The Hall–Kier alpha value is -2.52. The van der Waals surface area contributed by atoms with Crippen LogP contribution in [0.15, 0.2) is 74.0 Å². The van der Waals surface area contributed by atoms with Gasteiger partial charge >= 0.3 is 0 Å². The first-order chi connectivity index (χ1) is 13.3. The van der Waals surface area contributed by atoms with E-state index in [-0.39, 0.29) is 22.1 Å². The number of hydrogen-bond donors (Lipinski definition) is 0. The molecule has 0 atom stereocenters. The van der Waals surface area contributed by atoms with E-state index in [9.17, 15) is 21.2 Å². The highest BCUT2D eigenvalue weighted by Gasteiger charge is 2.35. The summed E-state index contributed by atoms with van der Waals surface area (Å²) >= 11 is 0. The first kappa shape index (κ1) is 20.2. The van der Waals surface area contributed by atoms with Crippen molar-refractivity contribution in [3.05, 3.63) is 60.4 Å². The summed E-state index contributed by atoms with van der Waals surface area (Å²) in [5, 5.41) is -1.35. The highest BCUT2D eigenvalue weighted by molar-refractivity contribution is 7.94. The van der Waals surface area contributed by atoms with Crippen LogP contribution in [0.2, 0.25) is 0 Å². The van der Waals surface area contributed by atoms with Crippen molar-refractivity contribution in [2.24, 2.45) is 0 Å². The van der Waals surface area contributed by atoms with Crippen molar-refractivity contribution in [2.45, 2.75) is 34.8 Å². The molecule has 9 heteroatoms. The highest BCUT2D eigenvalue weighted by Crippen LogP contribution is 2.32. The molecule has 28 heavy (non-hydrogen) atoms. The van der Waals surface area contributed by atoms with Gasteiger partial charge in [0.2, 0.25) is 30.6 Å². The van der Waals surface area contributed by atoms with Gasteiger partial charge in [0.1, 0.15) is 5.82 Å². The molecule has 0 saturated carbocycles. The monoisotopic (exact) mass is 423 g/mol. The molecule has 0 N–H and O–H groups in total. The van der Waals surface area contributed by atoms with Crippen molar-refractivity contribution in [1.82, 2.24) is 4.98 Å². The first-order valence-corrected chi connectivity index (χ1v) is 11.7. The zero-order valence-corrected chi connectivity index (χ0v) is 16.6. The molecule has 1 aromatic heterocycles. The third-order valence-electron chi connectivity index (χ3n) is 4.02. The lowest BCUT2D eigenvalue weighted by atomic mass is 10.2. The van der Waals surface area contributed by atoms with Crippen LogP contribution in [0, 0.1) is 5.82 Å². The van der Waals surface area contributed by atoms with Crippen LogP contribution in [0.4, 0.5) is 4.39 Å². The number of aromatic nitrogens is 1. The van der Waals surface area contributed by atoms with E-state index in [0.29, 0.717) is 12.8 Å². The van der Waals surface area contributed by atoms with Gasteiger partial charge in [0.05, 0.1) is 10.6 Å². The van der Waals surface area contributed by atoms with Gasteiger partial charge in [-0.3, -0.25) is 0 Å². The minimum atomic E-state index is -4.23. The zero-order valence-electron chi connectivity index (χ0n) is 15.0. The second-order valence-corrected chi connectivity index (χ2v) is 9.98. The molecule has 2 aromatic carbocycles. The van der Waals surface area contributed by atoms with Crippen LogP contribution in [0.1, 0.15) is 19.8 Å². The van der Waals surface area contributed by atoms with Crippen molar-refractivity contribution in [3.63, 3.8) is 0 Å². The largest absolute Gasteiger partial charge is 0.423 e. The van der Waals surface area contributed by atoms with E-state index < -0.39 is 35.6 Å². The molecule has 0 aliphatic carbocycles. The molecular formula is C19H18FNO5S2. The van der Waals surface area contributed by atoms with Gasteiger partial charge in [-0.2, -0.15) is 4.98 Å². The Morgan fingerprint density at radius 3 is 2.21 bits per heavy atom. The molecule has 0 aliphatic rings. The van der Waals surface area contributed by atoms with Crippen molar-refractivity contribution in [3.8, 4) is 11.5 Å². The summed E-state index contributed by atoms with van der Waals surface area (Å²) in [6, 6.07) is 12.4. The third-order valence-corrected chi connectivity index (χ3v) is 7.49. The van der Waals surface area contributed by atoms with E-state index in [2.05, 4.69) is 4.98 Å². The predicted molar refractivity (Wildman–Crippen MR) is 101 cm³/mol. The number of rotatable bonds is 7. The van der Waals surface area contributed by atoms with Gasteiger partial charge in [-0.05, 0) is 42.8 Å². The molecular weight excluding hydrogens is 405 g/mol. The summed E-state index contributed by atoms with van der Waals surface area (Å²) in [5.41, 5.74) is 0.267. The molecule has 148 valence electrons. The Bertz CT molecular complexity index is 1170. The van der Waals surface area contributed by atoms with E-state index in [4.69, 9.17) is 4.42 Å². The molecule has 3 rings (SSSR count). The molecule has 0 radical (unpaired) electrons. The number of unbranched alkanes of at least 4 members (excludes halogenated alkanes) is 1. The summed E-state index contributed by atoms with van der Waals surface area (Å²) in [4.78, 5) is 3.88. The van der Waals surface area contributed by atoms with Crippen LogP contribution < -0.4 is 0 Å². The smallest absolute Gasteiger partial charge is 0.258 e. The van der Waals surface area contributed by atoms with Gasteiger partial charge in [0.25, 0.3) is 5.09 Å². The molecule has 3 aromatic rings. The maximum absolute atomic E-state index is 13.2. The van der Waals surface area contributed by atoms with Crippen LogP contribution in [-0.2, 0) is 19.7 Å². The van der Waals surface area contributed by atoms with Crippen molar-refractivity contribution in [2.75, 3.05) is 5.75 Å². The van der Waals surface area contributed by atoms with Crippen molar-refractivity contribution < 1.29 is 25.6 Å². The summed E-state index contributed by atoms with van der Waals surface area (Å²) in [6.45, 7) is 1.82. The Morgan fingerprint density at radius 1 is 0.964 bits per heavy atom. The number of halogens is 1. The van der Waals surface area contributed by atoms with Gasteiger partial charge < -0.3 is 4.42 Å². The lowest BCUT2D eigenvalue weighted by Crippen LogP contribution is -2.12. The topological polar surface area (TPSA) is 94.3 Å². The van der Waals surface area contributed by atoms with E-state index in [1.54, 1.807) is 6.07 Å². The average Bonchev–Trinajstić information content (AvgIpc) is 3.15. The average molecular weight is 423 g/mol. The molecule has 0 unspecified atom stereocenters. The maximum atomic E-state index is 13.2. The molecule has 0 bridgehead atoms. The van der Waals surface area contributed by atoms with E-state index in [1.807, 2.05) is 6.92 Å². The second-order valence-electron chi connectivity index (χ2n) is 6.11.